The number of ether oxygens (including phenoxy) is 1. The lowest BCUT2D eigenvalue weighted by Gasteiger charge is -2.12. The van der Waals surface area contributed by atoms with E-state index in [1.54, 1.807) is 0 Å². The van der Waals surface area contributed by atoms with Crippen LogP contribution in [0.3, 0.4) is 0 Å². The van der Waals surface area contributed by atoms with Crippen LogP contribution in [0, 0.1) is 10.1 Å². The maximum absolute atomic E-state index is 12.2. The Kier molecular flexibility index (Phi) is 4.22. The van der Waals surface area contributed by atoms with E-state index in [0.717, 1.165) is 6.07 Å². The number of alkyl halides is 1. The second kappa shape index (κ2) is 5.44. The smallest absolute Gasteiger partial charge is 0.314 e. The van der Waals surface area contributed by atoms with Crippen molar-refractivity contribution in [1.29, 1.82) is 0 Å². The van der Waals surface area contributed by atoms with Crippen molar-refractivity contribution < 1.29 is 19.2 Å². The lowest BCUT2D eigenvalue weighted by atomic mass is 10.0. The molecule has 0 saturated heterocycles. The van der Waals surface area contributed by atoms with Gasteiger partial charge < -0.3 is 15.6 Å². The number of nitrogens with zero attached hydrogens (tertiary/aromatic N) is 1. The molecule has 0 radical (unpaired) electrons. The highest BCUT2D eigenvalue weighted by atomic mass is 19.1. The molecular formula is C10H13FN2O4. The largest absolute Gasteiger partial charge is 0.500 e. The summed E-state index contributed by atoms with van der Waals surface area (Å²) < 4.78 is 17.0. The molecule has 0 bridgehead atoms. The van der Waals surface area contributed by atoms with E-state index in [4.69, 9.17) is 10.5 Å². The first kappa shape index (κ1) is 13.2. The minimum atomic E-state index is -0.747. The molecule has 7 heteroatoms. The van der Waals surface area contributed by atoms with Gasteiger partial charge in [0.2, 0.25) is 5.75 Å². The molecule has 0 spiro atoms. The number of nitro benzene ring substituents is 1. The minimum absolute atomic E-state index is 0.0467. The fourth-order valence-electron chi connectivity index (χ4n) is 1.41. The summed E-state index contributed by atoms with van der Waals surface area (Å²) >= 11 is 0. The third kappa shape index (κ3) is 2.82. The van der Waals surface area contributed by atoms with E-state index in [9.17, 15) is 19.6 Å². The molecule has 94 valence electrons. The van der Waals surface area contributed by atoms with Gasteiger partial charge in [0.15, 0.2) is 5.75 Å². The van der Waals surface area contributed by atoms with Gasteiger partial charge in [0.1, 0.15) is 0 Å². The van der Waals surface area contributed by atoms with Crippen molar-refractivity contribution >= 4 is 5.69 Å². The molecule has 0 aromatic heterocycles. The van der Waals surface area contributed by atoms with Crippen molar-refractivity contribution in [2.75, 3.05) is 13.8 Å². The molecule has 0 aliphatic heterocycles. The first-order valence-electron chi connectivity index (χ1n) is 4.88. The number of halogens is 1. The average molecular weight is 244 g/mol. The first-order chi connectivity index (χ1) is 8.01. The number of rotatable bonds is 5. The molecule has 0 fully saturated rings. The van der Waals surface area contributed by atoms with Crippen LogP contribution in [0.1, 0.15) is 18.0 Å². The maximum Gasteiger partial charge on any atom is 0.314 e. The third-order valence-corrected chi connectivity index (χ3v) is 2.34. The first-order valence-corrected chi connectivity index (χ1v) is 4.88. The molecule has 0 heterocycles. The van der Waals surface area contributed by atoms with E-state index in [-0.39, 0.29) is 12.2 Å². The van der Waals surface area contributed by atoms with Gasteiger partial charge in [0, 0.05) is 12.1 Å². The number of benzene rings is 1. The zero-order valence-corrected chi connectivity index (χ0v) is 9.22. The number of nitrogens with two attached hydrogens (primary N) is 1. The molecule has 1 aromatic rings. The van der Waals surface area contributed by atoms with Crippen LogP contribution >= 0.6 is 0 Å². The molecule has 0 unspecified atom stereocenters. The Morgan fingerprint density at radius 2 is 2.29 bits per heavy atom. The Labute approximate surface area is 97.0 Å². The van der Waals surface area contributed by atoms with Crippen molar-refractivity contribution in [3.63, 3.8) is 0 Å². The summed E-state index contributed by atoms with van der Waals surface area (Å²) in [5.74, 6) is -0.614. The predicted octanol–water partition coefficient (Wildman–Crippen LogP) is 1.67. The van der Waals surface area contributed by atoms with Crippen LogP contribution in [0.4, 0.5) is 10.1 Å². The Balaban J connectivity index is 3.24. The van der Waals surface area contributed by atoms with E-state index in [0.29, 0.717) is 5.56 Å². The van der Waals surface area contributed by atoms with Crippen molar-refractivity contribution in [3.05, 3.63) is 27.8 Å². The SMILES string of the molecule is COc1cc([C@@H](N)CCF)cc([N+](=O)[O-])c1O. The number of hydrogen-bond acceptors (Lipinski definition) is 5. The summed E-state index contributed by atoms with van der Waals surface area (Å²) in [5, 5.41) is 20.2. The molecule has 1 aromatic carbocycles. The Hall–Kier alpha value is -1.89. The van der Waals surface area contributed by atoms with Gasteiger partial charge in [-0.1, -0.05) is 0 Å². The highest BCUT2D eigenvalue weighted by Gasteiger charge is 2.21. The lowest BCUT2D eigenvalue weighted by Crippen LogP contribution is -2.11. The molecule has 0 aliphatic carbocycles. The van der Waals surface area contributed by atoms with Crippen molar-refractivity contribution in [3.8, 4) is 11.5 Å². The normalized spacial score (nSPS) is 12.2. The molecule has 0 saturated carbocycles. The Morgan fingerprint density at radius 3 is 2.76 bits per heavy atom. The van der Waals surface area contributed by atoms with E-state index in [1.807, 2.05) is 0 Å². The van der Waals surface area contributed by atoms with Crippen LogP contribution in [0.25, 0.3) is 0 Å². The van der Waals surface area contributed by atoms with Crippen molar-refractivity contribution in [2.24, 2.45) is 5.73 Å². The highest BCUT2D eigenvalue weighted by molar-refractivity contribution is 5.57. The summed E-state index contributed by atoms with van der Waals surface area (Å²) in [6, 6.07) is 1.81. The van der Waals surface area contributed by atoms with Crippen LogP contribution in [0.5, 0.6) is 11.5 Å². The van der Waals surface area contributed by atoms with Crippen LogP contribution in [0.15, 0.2) is 12.1 Å². The van der Waals surface area contributed by atoms with Crippen LogP contribution in [0.2, 0.25) is 0 Å². The zero-order valence-electron chi connectivity index (χ0n) is 9.22. The van der Waals surface area contributed by atoms with Gasteiger partial charge >= 0.3 is 5.69 Å². The summed E-state index contributed by atoms with van der Waals surface area (Å²) in [6.45, 7) is -0.627. The molecule has 6 nitrogen and oxygen atoms in total. The standard InChI is InChI=1S/C10H13FN2O4/c1-17-9-5-6(7(12)2-3-11)4-8(10(9)14)13(15)16/h4-5,7,14H,2-3,12H2,1H3/t7-/m0/s1. The Morgan fingerprint density at radius 1 is 1.65 bits per heavy atom. The monoisotopic (exact) mass is 244 g/mol. The highest BCUT2D eigenvalue weighted by Crippen LogP contribution is 2.38. The number of aromatic hydroxyl groups is 1. The number of phenolic OH excluding ortho intramolecular Hbond substituents is 1. The molecular weight excluding hydrogens is 231 g/mol. The quantitative estimate of drug-likeness (QED) is 0.606. The van der Waals surface area contributed by atoms with Crippen molar-refractivity contribution in [1.82, 2.24) is 0 Å². The Bertz CT molecular complexity index is 425. The predicted molar refractivity (Wildman–Crippen MR) is 58.8 cm³/mol. The van der Waals surface area contributed by atoms with Gasteiger partial charge in [-0.25, -0.2) is 0 Å². The fraction of sp³-hybridized carbons (Fsp3) is 0.400. The number of phenols is 1. The minimum Gasteiger partial charge on any atom is -0.500 e. The second-order valence-electron chi connectivity index (χ2n) is 3.43. The molecule has 0 amide bonds. The van der Waals surface area contributed by atoms with E-state index in [1.165, 1.54) is 13.2 Å². The zero-order chi connectivity index (χ0) is 13.0. The van der Waals surface area contributed by atoms with Gasteiger partial charge in [0.25, 0.3) is 0 Å². The van der Waals surface area contributed by atoms with E-state index in [2.05, 4.69) is 0 Å². The summed E-state index contributed by atoms with van der Waals surface area (Å²) in [7, 11) is 1.27. The maximum atomic E-state index is 12.2. The molecule has 1 rings (SSSR count). The summed E-state index contributed by atoms with van der Waals surface area (Å²) in [4.78, 5) is 9.95. The van der Waals surface area contributed by atoms with Gasteiger partial charge in [-0.15, -0.1) is 0 Å². The fourth-order valence-corrected chi connectivity index (χ4v) is 1.41. The molecule has 0 aliphatic rings. The average Bonchev–Trinajstić information content (AvgIpc) is 2.29. The topological polar surface area (TPSA) is 98.6 Å². The lowest BCUT2D eigenvalue weighted by molar-refractivity contribution is -0.386. The van der Waals surface area contributed by atoms with E-state index < -0.39 is 29.1 Å². The number of hydrogen-bond donors (Lipinski definition) is 2. The van der Waals surface area contributed by atoms with Crippen LogP contribution < -0.4 is 10.5 Å². The summed E-state index contributed by atoms with van der Waals surface area (Å²) in [6.07, 6.45) is 0.0467. The summed E-state index contributed by atoms with van der Waals surface area (Å²) in [5.41, 5.74) is 5.49. The van der Waals surface area contributed by atoms with Crippen molar-refractivity contribution in [2.45, 2.75) is 12.5 Å². The van der Waals surface area contributed by atoms with Gasteiger partial charge in [-0.05, 0) is 18.1 Å². The van der Waals surface area contributed by atoms with E-state index >= 15 is 0 Å². The van der Waals surface area contributed by atoms with Crippen LogP contribution in [-0.4, -0.2) is 23.8 Å². The number of nitro groups is 1. The molecule has 17 heavy (non-hydrogen) atoms. The van der Waals surface area contributed by atoms with Gasteiger partial charge in [-0.3, -0.25) is 14.5 Å². The molecule has 3 N–H and O–H groups in total. The second-order valence-corrected chi connectivity index (χ2v) is 3.43. The van der Waals surface area contributed by atoms with Crippen LogP contribution in [-0.2, 0) is 0 Å². The number of methoxy groups -OCH3 is 1. The third-order valence-electron chi connectivity index (χ3n) is 2.34. The van der Waals surface area contributed by atoms with Gasteiger partial charge in [0.05, 0.1) is 18.7 Å². The molecule has 1 atom stereocenters. The van der Waals surface area contributed by atoms with Gasteiger partial charge in [-0.2, -0.15) is 0 Å².